The van der Waals surface area contributed by atoms with E-state index >= 15 is 0 Å². The Balaban J connectivity index is 1.41. The number of para-hydroxylation sites is 1. The van der Waals surface area contributed by atoms with Gasteiger partial charge in [0, 0.05) is 49.2 Å². The van der Waals surface area contributed by atoms with Crippen molar-refractivity contribution in [2.45, 2.75) is 64.4 Å². The molecule has 5 rings (SSSR count). The van der Waals surface area contributed by atoms with E-state index < -0.39 is 10.0 Å². The molecule has 3 aromatic rings. The Morgan fingerprint density at radius 3 is 2.39 bits per heavy atom. The lowest BCUT2D eigenvalue weighted by Gasteiger charge is -2.30. The van der Waals surface area contributed by atoms with Gasteiger partial charge < -0.3 is 10.2 Å². The lowest BCUT2D eigenvalue weighted by Crippen LogP contribution is -2.36. The largest absolute Gasteiger partial charge is 0.339 e. The number of carbonyl (C=O) groups excluding carboxylic acids is 2. The Kier molecular flexibility index (Phi) is 8.54. The second kappa shape index (κ2) is 12.0. The average Bonchev–Trinajstić information content (AvgIpc) is 3.34. The number of benzene rings is 2. The molecule has 8 nitrogen and oxygen atoms in total. The molecule has 2 amide bonds. The average molecular weight is 595 g/mol. The third-order valence-electron chi connectivity index (χ3n) is 8.08. The standard InChI is InChI=1S/C31H38N4O4S2/c1-5-33(6-2)31(37)28-25-17-19-34(21(3)4)20-27(25)40-30(28)32-29(36)23-13-15-24(16-14-23)41(38,39)35-18-9-11-22-10-7-8-12-26(22)35/h7-8,10,12-16,21H,5-6,9,11,17-20H2,1-4H3,(H,32,36). The van der Waals surface area contributed by atoms with Gasteiger partial charge >= 0.3 is 0 Å². The number of aryl methyl sites for hydroxylation is 1. The van der Waals surface area contributed by atoms with E-state index in [2.05, 4.69) is 24.1 Å². The van der Waals surface area contributed by atoms with E-state index in [1.54, 1.807) is 4.90 Å². The first-order chi connectivity index (χ1) is 19.6. The summed E-state index contributed by atoms with van der Waals surface area (Å²) in [5.74, 6) is -0.436. The lowest BCUT2D eigenvalue weighted by molar-refractivity contribution is 0.0772. The van der Waals surface area contributed by atoms with Crippen LogP contribution in [0.15, 0.2) is 53.4 Å². The summed E-state index contributed by atoms with van der Waals surface area (Å²) >= 11 is 1.47. The third-order valence-corrected chi connectivity index (χ3v) is 11.0. The number of fused-ring (bicyclic) bond motifs is 2. The number of rotatable bonds is 8. The first-order valence-corrected chi connectivity index (χ1v) is 16.6. The molecule has 0 bridgehead atoms. The van der Waals surface area contributed by atoms with E-state index in [9.17, 15) is 18.0 Å². The van der Waals surface area contributed by atoms with Crippen LogP contribution in [0.3, 0.4) is 0 Å². The number of sulfonamides is 1. The SMILES string of the molecule is CCN(CC)C(=O)c1c(NC(=O)c2ccc(S(=O)(=O)N3CCCc4ccccc43)cc2)sc2c1CCN(C(C)C)C2. The Hall–Kier alpha value is -3.21. The molecule has 2 aromatic carbocycles. The minimum Gasteiger partial charge on any atom is -0.339 e. The predicted octanol–water partition coefficient (Wildman–Crippen LogP) is 5.39. The van der Waals surface area contributed by atoms with E-state index in [0.717, 1.165) is 48.4 Å². The molecule has 218 valence electrons. The topological polar surface area (TPSA) is 90.0 Å². The summed E-state index contributed by atoms with van der Waals surface area (Å²) in [4.78, 5) is 32.4. The first-order valence-electron chi connectivity index (χ1n) is 14.4. The van der Waals surface area contributed by atoms with Crippen molar-refractivity contribution < 1.29 is 18.0 Å². The van der Waals surface area contributed by atoms with Gasteiger partial charge in [-0.25, -0.2) is 8.42 Å². The summed E-state index contributed by atoms with van der Waals surface area (Å²) in [6.45, 7) is 11.4. The van der Waals surface area contributed by atoms with E-state index in [0.29, 0.717) is 47.5 Å². The van der Waals surface area contributed by atoms with Gasteiger partial charge in [-0.05, 0) is 88.4 Å². The number of amides is 2. The van der Waals surface area contributed by atoms with E-state index in [-0.39, 0.29) is 16.7 Å². The van der Waals surface area contributed by atoms with E-state index in [1.807, 2.05) is 38.1 Å². The second-order valence-electron chi connectivity index (χ2n) is 10.8. The molecule has 0 saturated heterocycles. The van der Waals surface area contributed by atoms with Crippen LogP contribution >= 0.6 is 11.3 Å². The highest BCUT2D eigenvalue weighted by molar-refractivity contribution is 7.92. The highest BCUT2D eigenvalue weighted by Crippen LogP contribution is 2.39. The van der Waals surface area contributed by atoms with Crippen LogP contribution in [0.4, 0.5) is 10.7 Å². The number of thiophene rings is 1. The van der Waals surface area contributed by atoms with Crippen molar-refractivity contribution in [2.75, 3.05) is 35.8 Å². The summed E-state index contributed by atoms with van der Waals surface area (Å²) in [6.07, 6.45) is 2.36. The summed E-state index contributed by atoms with van der Waals surface area (Å²) in [6, 6.07) is 14.0. The maximum Gasteiger partial charge on any atom is 0.264 e. The Labute approximate surface area is 247 Å². The quantitative estimate of drug-likeness (QED) is 0.378. The molecule has 0 atom stereocenters. The lowest BCUT2D eigenvalue weighted by atomic mass is 10.0. The predicted molar refractivity (Wildman–Crippen MR) is 165 cm³/mol. The zero-order valence-corrected chi connectivity index (χ0v) is 25.8. The van der Waals surface area contributed by atoms with Gasteiger partial charge in [0.15, 0.2) is 0 Å². The van der Waals surface area contributed by atoms with E-state index in [1.165, 1.54) is 39.9 Å². The van der Waals surface area contributed by atoms with Gasteiger partial charge in [-0.1, -0.05) is 18.2 Å². The van der Waals surface area contributed by atoms with Crippen LogP contribution in [0.5, 0.6) is 0 Å². The number of anilines is 2. The first kappa shape index (κ1) is 29.3. The minimum atomic E-state index is -3.78. The Morgan fingerprint density at radius 2 is 1.71 bits per heavy atom. The molecule has 0 aliphatic carbocycles. The highest BCUT2D eigenvalue weighted by Gasteiger charge is 2.32. The van der Waals surface area contributed by atoms with Gasteiger partial charge in [-0.2, -0.15) is 0 Å². The van der Waals surface area contributed by atoms with Crippen LogP contribution in [-0.2, 0) is 29.4 Å². The molecular weight excluding hydrogens is 556 g/mol. The second-order valence-corrected chi connectivity index (χ2v) is 13.8. The molecule has 2 aliphatic rings. The molecular formula is C31H38N4O4S2. The normalized spacial score (nSPS) is 15.4. The van der Waals surface area contributed by atoms with Gasteiger partial charge in [0.05, 0.1) is 16.1 Å². The molecule has 10 heteroatoms. The Bertz CT molecular complexity index is 1540. The number of nitrogens with one attached hydrogen (secondary N) is 1. The zero-order chi connectivity index (χ0) is 29.3. The van der Waals surface area contributed by atoms with Crippen LogP contribution in [0.25, 0.3) is 0 Å². The van der Waals surface area contributed by atoms with Crippen molar-refractivity contribution in [3.05, 3.63) is 75.7 Å². The molecule has 1 aromatic heterocycles. The molecule has 0 radical (unpaired) electrons. The molecule has 0 unspecified atom stereocenters. The number of nitrogens with zero attached hydrogens (tertiary/aromatic N) is 3. The minimum absolute atomic E-state index is 0.0657. The number of hydrogen-bond donors (Lipinski definition) is 1. The van der Waals surface area contributed by atoms with Crippen LogP contribution in [0.2, 0.25) is 0 Å². The molecule has 0 fully saturated rings. The fourth-order valence-electron chi connectivity index (χ4n) is 5.68. The van der Waals surface area contributed by atoms with Gasteiger partial charge in [0.1, 0.15) is 5.00 Å². The van der Waals surface area contributed by atoms with Gasteiger partial charge in [-0.15, -0.1) is 11.3 Å². The zero-order valence-electron chi connectivity index (χ0n) is 24.1. The highest BCUT2D eigenvalue weighted by atomic mass is 32.2. The van der Waals surface area contributed by atoms with Crippen molar-refractivity contribution >= 4 is 43.9 Å². The summed E-state index contributed by atoms with van der Waals surface area (Å²) in [5.41, 5.74) is 3.68. The number of carbonyl (C=O) groups is 2. The van der Waals surface area contributed by atoms with Crippen molar-refractivity contribution in [3.63, 3.8) is 0 Å². The fourth-order valence-corrected chi connectivity index (χ4v) is 8.48. The molecule has 0 saturated carbocycles. The van der Waals surface area contributed by atoms with Crippen LogP contribution in [0.1, 0.15) is 70.8 Å². The number of hydrogen-bond acceptors (Lipinski definition) is 6. The monoisotopic (exact) mass is 594 g/mol. The third kappa shape index (κ3) is 5.65. The fraction of sp³-hybridized carbons (Fsp3) is 0.419. The van der Waals surface area contributed by atoms with Gasteiger partial charge in [-0.3, -0.25) is 18.8 Å². The van der Waals surface area contributed by atoms with Crippen molar-refractivity contribution in [2.24, 2.45) is 0 Å². The summed E-state index contributed by atoms with van der Waals surface area (Å²) in [5, 5.41) is 3.56. The van der Waals surface area contributed by atoms with Crippen molar-refractivity contribution in [3.8, 4) is 0 Å². The van der Waals surface area contributed by atoms with Crippen LogP contribution in [0, 0.1) is 0 Å². The molecule has 0 spiro atoms. The molecule has 2 aliphatic heterocycles. The van der Waals surface area contributed by atoms with Gasteiger partial charge in [0.25, 0.3) is 21.8 Å². The maximum atomic E-state index is 13.6. The Morgan fingerprint density at radius 1 is 1.00 bits per heavy atom. The molecule has 3 heterocycles. The van der Waals surface area contributed by atoms with Crippen molar-refractivity contribution in [1.29, 1.82) is 0 Å². The maximum absolute atomic E-state index is 13.6. The van der Waals surface area contributed by atoms with Crippen LogP contribution in [-0.4, -0.2) is 62.3 Å². The van der Waals surface area contributed by atoms with Crippen LogP contribution < -0.4 is 9.62 Å². The summed E-state index contributed by atoms with van der Waals surface area (Å²) < 4.78 is 28.5. The smallest absolute Gasteiger partial charge is 0.264 e. The van der Waals surface area contributed by atoms with Crippen molar-refractivity contribution in [1.82, 2.24) is 9.80 Å². The van der Waals surface area contributed by atoms with E-state index in [4.69, 9.17) is 0 Å². The molecule has 1 N–H and O–H groups in total. The van der Waals surface area contributed by atoms with Gasteiger partial charge in [0.2, 0.25) is 0 Å². The summed E-state index contributed by atoms with van der Waals surface area (Å²) in [7, 11) is -3.78. The molecule has 41 heavy (non-hydrogen) atoms.